The van der Waals surface area contributed by atoms with Gasteiger partial charge in [0.05, 0.1) is 5.69 Å². The predicted octanol–water partition coefficient (Wildman–Crippen LogP) is 2.61. The van der Waals surface area contributed by atoms with Crippen molar-refractivity contribution in [1.82, 2.24) is 5.43 Å². The number of hydrogen-bond donors (Lipinski definition) is 3. The summed E-state index contributed by atoms with van der Waals surface area (Å²) in [6.07, 6.45) is 5.84. The molecule has 0 aromatic heterocycles. The minimum atomic E-state index is -1.41. The van der Waals surface area contributed by atoms with E-state index in [9.17, 15) is 19.2 Å². The highest BCUT2D eigenvalue weighted by atomic mass is 16.4. The Morgan fingerprint density at radius 3 is 2.25 bits per heavy atom. The molecule has 1 aromatic carbocycles. The van der Waals surface area contributed by atoms with E-state index in [1.807, 2.05) is 25.1 Å². The largest absolute Gasteiger partial charge is 0.480 e. The Kier molecular flexibility index (Phi) is 9.42. The van der Waals surface area contributed by atoms with Crippen LogP contribution in [-0.4, -0.2) is 34.0 Å². The number of hydrogen-bond acceptors (Lipinski definition) is 4. The molecule has 3 N–H and O–H groups in total. The SMILES string of the molecule is CC/C=C/C(C(=O)O)C(=O)O.CCCCC1C(=O)NN(c2ccccc2)C1=O. The normalized spacial score (nSPS) is 16.1. The van der Waals surface area contributed by atoms with Gasteiger partial charge in [0.1, 0.15) is 5.92 Å². The Bertz CT molecular complexity index is 703. The first-order valence-electron chi connectivity index (χ1n) is 9.15. The minimum absolute atomic E-state index is 0.144. The van der Waals surface area contributed by atoms with Gasteiger partial charge in [0, 0.05) is 0 Å². The molecular formula is C20H26N2O6. The highest BCUT2D eigenvalue weighted by Crippen LogP contribution is 2.22. The third kappa shape index (κ3) is 6.53. The van der Waals surface area contributed by atoms with E-state index in [-0.39, 0.29) is 11.8 Å². The van der Waals surface area contributed by atoms with Gasteiger partial charge in [-0.05, 0) is 25.0 Å². The van der Waals surface area contributed by atoms with Crippen molar-refractivity contribution < 1.29 is 29.4 Å². The molecule has 1 aliphatic rings. The smallest absolute Gasteiger partial charge is 0.321 e. The fraction of sp³-hybridized carbons (Fsp3) is 0.400. The van der Waals surface area contributed by atoms with Crippen LogP contribution in [0.1, 0.15) is 39.5 Å². The third-order valence-electron chi connectivity index (χ3n) is 4.01. The highest BCUT2D eigenvalue weighted by Gasteiger charge is 2.39. The Morgan fingerprint density at radius 2 is 1.75 bits per heavy atom. The molecule has 1 unspecified atom stereocenters. The summed E-state index contributed by atoms with van der Waals surface area (Å²) in [6, 6.07) is 9.17. The van der Waals surface area contributed by atoms with Crippen molar-refractivity contribution in [2.75, 3.05) is 5.01 Å². The summed E-state index contributed by atoms with van der Waals surface area (Å²) in [4.78, 5) is 44.2. The average Bonchev–Trinajstić information content (AvgIpc) is 2.95. The molecule has 1 aliphatic heterocycles. The number of benzene rings is 1. The zero-order valence-corrected chi connectivity index (χ0v) is 16.0. The van der Waals surface area contributed by atoms with Gasteiger partial charge in [0.15, 0.2) is 5.92 Å². The number of carboxylic acids is 2. The van der Waals surface area contributed by atoms with Gasteiger partial charge in [0.2, 0.25) is 0 Å². The second-order valence-electron chi connectivity index (χ2n) is 6.17. The molecule has 0 radical (unpaired) electrons. The van der Waals surface area contributed by atoms with Crippen molar-refractivity contribution in [2.24, 2.45) is 11.8 Å². The summed E-state index contributed by atoms with van der Waals surface area (Å²) < 4.78 is 0. The predicted molar refractivity (Wildman–Crippen MR) is 103 cm³/mol. The monoisotopic (exact) mass is 390 g/mol. The lowest BCUT2D eigenvalue weighted by molar-refractivity contribution is -0.152. The first-order valence-corrected chi connectivity index (χ1v) is 9.15. The summed E-state index contributed by atoms with van der Waals surface area (Å²) in [5.74, 6) is -4.92. The average molecular weight is 390 g/mol. The first kappa shape index (κ1) is 22.9. The van der Waals surface area contributed by atoms with Crippen LogP contribution in [0.4, 0.5) is 5.69 Å². The van der Waals surface area contributed by atoms with Gasteiger partial charge in [-0.15, -0.1) is 0 Å². The number of nitrogens with zero attached hydrogens (tertiary/aromatic N) is 1. The molecule has 1 saturated heterocycles. The van der Waals surface area contributed by atoms with Crippen LogP contribution in [0.2, 0.25) is 0 Å². The van der Waals surface area contributed by atoms with Crippen LogP contribution in [0.5, 0.6) is 0 Å². The topological polar surface area (TPSA) is 124 Å². The Labute approximate surface area is 163 Å². The van der Waals surface area contributed by atoms with E-state index in [0.717, 1.165) is 12.8 Å². The number of carboxylic acid groups (broad SMARTS) is 2. The fourth-order valence-corrected chi connectivity index (χ4v) is 2.49. The lowest BCUT2D eigenvalue weighted by Crippen LogP contribution is -2.35. The number of aliphatic carboxylic acids is 2. The maximum atomic E-state index is 12.1. The van der Waals surface area contributed by atoms with Crippen LogP contribution in [-0.2, 0) is 19.2 Å². The van der Waals surface area contributed by atoms with Crippen molar-refractivity contribution in [1.29, 1.82) is 0 Å². The molecular weight excluding hydrogens is 364 g/mol. The number of anilines is 1. The lowest BCUT2D eigenvalue weighted by Gasteiger charge is -2.14. The number of hydrazine groups is 1. The quantitative estimate of drug-likeness (QED) is 0.463. The molecule has 28 heavy (non-hydrogen) atoms. The third-order valence-corrected chi connectivity index (χ3v) is 4.01. The molecule has 0 saturated carbocycles. The van der Waals surface area contributed by atoms with Crippen molar-refractivity contribution in [2.45, 2.75) is 39.5 Å². The van der Waals surface area contributed by atoms with Gasteiger partial charge >= 0.3 is 11.9 Å². The number of nitrogens with one attached hydrogen (secondary N) is 1. The van der Waals surface area contributed by atoms with E-state index in [0.29, 0.717) is 18.5 Å². The zero-order chi connectivity index (χ0) is 21.1. The molecule has 2 amide bonds. The number of carbonyl (C=O) groups excluding carboxylic acids is 2. The maximum Gasteiger partial charge on any atom is 0.321 e. The van der Waals surface area contributed by atoms with E-state index in [1.54, 1.807) is 19.1 Å². The Balaban J connectivity index is 0.000000311. The molecule has 1 atom stereocenters. The minimum Gasteiger partial charge on any atom is -0.480 e. The van der Waals surface area contributed by atoms with Gasteiger partial charge in [0.25, 0.3) is 11.8 Å². The van der Waals surface area contributed by atoms with Gasteiger partial charge in [-0.1, -0.05) is 57.0 Å². The molecule has 0 spiro atoms. The molecule has 1 aromatic rings. The standard InChI is InChI=1S/C13H16N2O2.C7H10O4/c1-2-3-9-11-12(16)14-15(13(11)17)10-7-5-4-6-8-10;1-2-3-4-5(6(8)9)7(10)11/h4-8,11H,2-3,9H2,1H3,(H,14,16);3-5H,2H2,1H3,(H,8,9)(H,10,11)/b;4-3+. The molecule has 0 aliphatic carbocycles. The van der Waals surface area contributed by atoms with Crippen LogP contribution < -0.4 is 10.4 Å². The van der Waals surface area contributed by atoms with Crippen LogP contribution in [0.3, 0.4) is 0 Å². The van der Waals surface area contributed by atoms with Crippen LogP contribution in [0.25, 0.3) is 0 Å². The van der Waals surface area contributed by atoms with E-state index < -0.39 is 23.8 Å². The van der Waals surface area contributed by atoms with E-state index >= 15 is 0 Å². The molecule has 1 fully saturated rings. The Morgan fingerprint density at radius 1 is 1.14 bits per heavy atom. The zero-order valence-electron chi connectivity index (χ0n) is 16.0. The second kappa shape index (κ2) is 11.5. The molecule has 8 heteroatoms. The summed E-state index contributed by atoms with van der Waals surface area (Å²) in [5, 5.41) is 18.0. The molecule has 1 heterocycles. The van der Waals surface area contributed by atoms with Gasteiger partial charge < -0.3 is 10.2 Å². The molecule has 0 bridgehead atoms. The van der Waals surface area contributed by atoms with Crippen molar-refractivity contribution in [3.63, 3.8) is 0 Å². The van der Waals surface area contributed by atoms with Gasteiger partial charge in [-0.25, -0.2) is 5.01 Å². The maximum absolute atomic E-state index is 12.1. The highest BCUT2D eigenvalue weighted by molar-refractivity contribution is 6.14. The summed E-state index contributed by atoms with van der Waals surface area (Å²) in [6.45, 7) is 3.85. The van der Waals surface area contributed by atoms with Crippen LogP contribution >= 0.6 is 0 Å². The summed E-state index contributed by atoms with van der Waals surface area (Å²) in [7, 11) is 0. The Hall–Kier alpha value is -3.16. The van der Waals surface area contributed by atoms with Crippen LogP contribution in [0.15, 0.2) is 42.5 Å². The number of carbonyl (C=O) groups is 4. The molecule has 2 rings (SSSR count). The fourth-order valence-electron chi connectivity index (χ4n) is 2.49. The number of rotatable bonds is 8. The van der Waals surface area contributed by atoms with Crippen molar-refractivity contribution in [3.8, 4) is 0 Å². The second-order valence-corrected chi connectivity index (χ2v) is 6.17. The van der Waals surface area contributed by atoms with E-state index in [1.165, 1.54) is 17.2 Å². The van der Waals surface area contributed by atoms with Gasteiger partial charge in [-0.2, -0.15) is 0 Å². The van der Waals surface area contributed by atoms with E-state index in [2.05, 4.69) is 5.43 Å². The number of unbranched alkanes of at least 4 members (excludes halogenated alkanes) is 1. The van der Waals surface area contributed by atoms with Crippen LogP contribution in [0, 0.1) is 11.8 Å². The molecule has 8 nitrogen and oxygen atoms in total. The summed E-state index contributed by atoms with van der Waals surface area (Å²) >= 11 is 0. The number of allylic oxidation sites excluding steroid dienone is 1. The first-order chi connectivity index (χ1) is 13.3. The number of amides is 2. The number of para-hydroxylation sites is 1. The van der Waals surface area contributed by atoms with E-state index in [4.69, 9.17) is 10.2 Å². The van der Waals surface area contributed by atoms with Crippen molar-refractivity contribution in [3.05, 3.63) is 42.5 Å². The lowest BCUT2D eigenvalue weighted by atomic mass is 10.0. The molecule has 152 valence electrons. The van der Waals surface area contributed by atoms with Crippen molar-refractivity contribution >= 4 is 29.4 Å². The summed E-state index contributed by atoms with van der Waals surface area (Å²) in [5.41, 5.74) is 3.34. The van der Waals surface area contributed by atoms with Gasteiger partial charge in [-0.3, -0.25) is 24.6 Å².